The van der Waals surface area contributed by atoms with E-state index in [4.69, 9.17) is 4.74 Å². The Labute approximate surface area is 119 Å². The highest BCUT2D eigenvalue weighted by molar-refractivity contribution is 9.10. The molecule has 0 amide bonds. The molecule has 18 heavy (non-hydrogen) atoms. The fourth-order valence-electron chi connectivity index (χ4n) is 1.86. The van der Waals surface area contributed by atoms with Gasteiger partial charge in [-0.3, -0.25) is 0 Å². The van der Waals surface area contributed by atoms with E-state index in [-0.39, 0.29) is 0 Å². The van der Waals surface area contributed by atoms with E-state index < -0.39 is 0 Å². The van der Waals surface area contributed by atoms with Crippen LogP contribution in [0, 0.1) is 11.8 Å². The molecule has 1 aromatic carbocycles. The third-order valence-corrected chi connectivity index (χ3v) is 3.70. The molecule has 0 aromatic heterocycles. The Morgan fingerprint density at radius 2 is 1.89 bits per heavy atom. The quantitative estimate of drug-likeness (QED) is 0.780. The number of ether oxygens (including phenoxy) is 1. The van der Waals surface area contributed by atoms with Gasteiger partial charge >= 0.3 is 0 Å². The van der Waals surface area contributed by atoms with Crippen LogP contribution in [0.5, 0.6) is 5.75 Å². The molecule has 1 rings (SSSR count). The van der Waals surface area contributed by atoms with Crippen molar-refractivity contribution in [3.05, 3.63) is 28.7 Å². The van der Waals surface area contributed by atoms with E-state index in [9.17, 15) is 0 Å². The minimum Gasteiger partial charge on any atom is -0.494 e. The minimum atomic E-state index is 0.681. The first-order valence-electron chi connectivity index (χ1n) is 6.72. The molecule has 0 saturated heterocycles. The van der Waals surface area contributed by atoms with Gasteiger partial charge in [0.2, 0.25) is 0 Å². The summed E-state index contributed by atoms with van der Waals surface area (Å²) in [5, 5.41) is 3.42. The van der Waals surface area contributed by atoms with E-state index in [1.165, 1.54) is 0 Å². The average Bonchev–Trinajstić information content (AvgIpc) is 2.35. The Balaban J connectivity index is 2.31. The number of nitrogens with one attached hydrogen (secondary N) is 1. The Morgan fingerprint density at radius 1 is 1.22 bits per heavy atom. The van der Waals surface area contributed by atoms with Crippen LogP contribution < -0.4 is 10.1 Å². The van der Waals surface area contributed by atoms with Gasteiger partial charge in [-0.2, -0.15) is 0 Å². The van der Waals surface area contributed by atoms with Crippen LogP contribution in [-0.2, 0) is 0 Å². The Hall–Kier alpha value is -0.540. The lowest BCUT2D eigenvalue weighted by molar-refractivity contribution is 0.244. The van der Waals surface area contributed by atoms with E-state index in [0.29, 0.717) is 11.8 Å². The zero-order valence-electron chi connectivity index (χ0n) is 11.6. The molecular formula is C15H24BrNO. The highest BCUT2D eigenvalue weighted by Crippen LogP contribution is 2.18. The van der Waals surface area contributed by atoms with Crippen LogP contribution in [0.2, 0.25) is 0 Å². The molecule has 3 heteroatoms. The molecule has 102 valence electrons. The van der Waals surface area contributed by atoms with Gasteiger partial charge in [0.1, 0.15) is 5.75 Å². The van der Waals surface area contributed by atoms with Crippen molar-refractivity contribution in [2.75, 3.05) is 19.7 Å². The van der Waals surface area contributed by atoms with Crippen molar-refractivity contribution in [1.29, 1.82) is 0 Å². The maximum atomic E-state index is 5.77. The highest BCUT2D eigenvalue weighted by Gasteiger charge is 2.12. The van der Waals surface area contributed by atoms with E-state index in [1.54, 1.807) is 0 Å². The van der Waals surface area contributed by atoms with Gasteiger partial charge in [-0.15, -0.1) is 0 Å². The molecule has 0 saturated carbocycles. The topological polar surface area (TPSA) is 21.3 Å². The van der Waals surface area contributed by atoms with Crippen LogP contribution in [0.3, 0.4) is 0 Å². The summed E-state index contributed by atoms with van der Waals surface area (Å²) >= 11 is 3.42. The third kappa shape index (κ3) is 5.87. The van der Waals surface area contributed by atoms with Crippen molar-refractivity contribution in [3.63, 3.8) is 0 Å². The molecule has 0 fully saturated rings. The Kier molecular flexibility index (Phi) is 7.36. The summed E-state index contributed by atoms with van der Waals surface area (Å²) in [6, 6.07) is 8.01. The van der Waals surface area contributed by atoms with Crippen molar-refractivity contribution in [2.24, 2.45) is 11.8 Å². The van der Waals surface area contributed by atoms with Gasteiger partial charge in [0.05, 0.1) is 6.61 Å². The summed E-state index contributed by atoms with van der Waals surface area (Å²) in [7, 11) is 0. The van der Waals surface area contributed by atoms with Crippen LogP contribution in [-0.4, -0.2) is 19.7 Å². The summed E-state index contributed by atoms with van der Waals surface area (Å²) < 4.78 is 6.86. The van der Waals surface area contributed by atoms with E-state index in [0.717, 1.165) is 36.3 Å². The highest BCUT2D eigenvalue weighted by atomic mass is 79.9. The Morgan fingerprint density at radius 3 is 2.44 bits per heavy atom. The summed E-state index contributed by atoms with van der Waals surface area (Å²) in [5.74, 6) is 2.32. The monoisotopic (exact) mass is 313 g/mol. The lowest BCUT2D eigenvalue weighted by atomic mass is 9.93. The molecule has 1 atom stereocenters. The lowest BCUT2D eigenvalue weighted by Crippen LogP contribution is -2.27. The molecule has 0 aliphatic heterocycles. The first-order chi connectivity index (χ1) is 8.63. The molecule has 0 heterocycles. The van der Waals surface area contributed by atoms with Gasteiger partial charge in [-0.1, -0.05) is 36.7 Å². The van der Waals surface area contributed by atoms with E-state index in [1.807, 2.05) is 24.3 Å². The molecule has 0 aliphatic rings. The first kappa shape index (κ1) is 15.5. The molecule has 0 aliphatic carbocycles. The fraction of sp³-hybridized carbons (Fsp3) is 0.600. The summed E-state index contributed by atoms with van der Waals surface area (Å²) in [5.41, 5.74) is 0. The van der Waals surface area contributed by atoms with Crippen LogP contribution in [0.1, 0.15) is 27.2 Å². The van der Waals surface area contributed by atoms with Crippen molar-refractivity contribution in [1.82, 2.24) is 5.32 Å². The van der Waals surface area contributed by atoms with Gasteiger partial charge < -0.3 is 10.1 Å². The summed E-state index contributed by atoms with van der Waals surface area (Å²) in [4.78, 5) is 0. The predicted molar refractivity (Wildman–Crippen MR) is 81.1 cm³/mol. The van der Waals surface area contributed by atoms with E-state index >= 15 is 0 Å². The second kappa shape index (κ2) is 8.54. The molecular weight excluding hydrogens is 290 g/mol. The first-order valence-corrected chi connectivity index (χ1v) is 7.51. The average molecular weight is 314 g/mol. The molecule has 1 N–H and O–H groups in total. The molecule has 1 aromatic rings. The van der Waals surface area contributed by atoms with Crippen LogP contribution in [0.15, 0.2) is 28.7 Å². The zero-order valence-corrected chi connectivity index (χ0v) is 13.2. The predicted octanol–water partition coefficient (Wildman–Crippen LogP) is 4.10. The van der Waals surface area contributed by atoms with E-state index in [2.05, 4.69) is 42.0 Å². The maximum absolute atomic E-state index is 5.77. The van der Waals surface area contributed by atoms with Gasteiger partial charge in [0.25, 0.3) is 0 Å². The van der Waals surface area contributed by atoms with Gasteiger partial charge in [0, 0.05) is 4.47 Å². The van der Waals surface area contributed by atoms with Crippen molar-refractivity contribution in [2.45, 2.75) is 27.2 Å². The van der Waals surface area contributed by atoms with Gasteiger partial charge in [-0.25, -0.2) is 0 Å². The van der Waals surface area contributed by atoms with Gasteiger partial charge in [-0.05, 0) is 55.6 Å². The number of hydrogen-bond donors (Lipinski definition) is 1. The van der Waals surface area contributed by atoms with Crippen LogP contribution in [0.4, 0.5) is 0 Å². The van der Waals surface area contributed by atoms with Gasteiger partial charge in [0.15, 0.2) is 0 Å². The number of hydrogen-bond acceptors (Lipinski definition) is 2. The minimum absolute atomic E-state index is 0.681. The summed E-state index contributed by atoms with van der Waals surface area (Å²) in [6.45, 7) is 9.61. The van der Waals surface area contributed by atoms with Crippen LogP contribution >= 0.6 is 15.9 Å². The molecule has 0 bridgehead atoms. The number of benzene rings is 1. The maximum Gasteiger partial charge on any atom is 0.119 e. The number of rotatable bonds is 8. The fourth-order valence-corrected chi connectivity index (χ4v) is 2.12. The molecule has 0 radical (unpaired) electrons. The second-order valence-corrected chi connectivity index (χ2v) is 5.82. The SMILES string of the molecule is CCNCC(CCOc1ccc(Br)cc1)C(C)C. The lowest BCUT2D eigenvalue weighted by Gasteiger charge is -2.21. The summed E-state index contributed by atoms with van der Waals surface area (Å²) in [6.07, 6.45) is 1.10. The molecule has 0 spiro atoms. The second-order valence-electron chi connectivity index (χ2n) is 4.90. The normalized spacial score (nSPS) is 12.7. The third-order valence-electron chi connectivity index (χ3n) is 3.17. The standard InChI is InChI=1S/C15H24BrNO/c1-4-17-11-13(12(2)3)9-10-18-15-7-5-14(16)6-8-15/h5-8,12-13,17H,4,9-11H2,1-3H3. The smallest absolute Gasteiger partial charge is 0.119 e. The number of halogens is 1. The van der Waals surface area contributed by atoms with Crippen molar-refractivity contribution in [3.8, 4) is 5.75 Å². The van der Waals surface area contributed by atoms with Crippen LogP contribution in [0.25, 0.3) is 0 Å². The Bertz CT molecular complexity index is 324. The zero-order chi connectivity index (χ0) is 13.4. The molecule has 1 unspecified atom stereocenters. The van der Waals surface area contributed by atoms with Crippen molar-refractivity contribution >= 4 is 15.9 Å². The molecule has 2 nitrogen and oxygen atoms in total. The largest absolute Gasteiger partial charge is 0.494 e. The van der Waals surface area contributed by atoms with Crippen molar-refractivity contribution < 1.29 is 4.74 Å².